The molecule has 0 amide bonds. The van der Waals surface area contributed by atoms with Crippen LogP contribution in [0.3, 0.4) is 0 Å². The van der Waals surface area contributed by atoms with Gasteiger partial charge in [0.25, 0.3) is 0 Å². The Balaban J connectivity index is 2.59. The van der Waals surface area contributed by atoms with E-state index in [2.05, 4.69) is 12.1 Å². The van der Waals surface area contributed by atoms with Crippen LogP contribution in [0.15, 0.2) is 46.2 Å². The molecule has 0 unspecified atom stereocenters. The van der Waals surface area contributed by atoms with Crippen LogP contribution in [0.4, 0.5) is 0 Å². The first-order valence-corrected chi connectivity index (χ1v) is 5.97. The zero-order chi connectivity index (χ0) is 11.1. The third-order valence-electron chi connectivity index (χ3n) is 2.08. The molecular formula is C13H16OS. The SMILES string of the molecule is C/C=C(\CC(=O)CC)Sc1ccccc1. The number of benzene rings is 1. The van der Waals surface area contributed by atoms with Crippen LogP contribution < -0.4 is 0 Å². The summed E-state index contributed by atoms with van der Waals surface area (Å²) in [6.07, 6.45) is 3.20. The van der Waals surface area contributed by atoms with Gasteiger partial charge in [0.1, 0.15) is 5.78 Å². The molecule has 0 radical (unpaired) electrons. The molecule has 0 heterocycles. The predicted octanol–water partition coefficient (Wildman–Crippen LogP) is 4.05. The van der Waals surface area contributed by atoms with E-state index in [9.17, 15) is 4.79 Å². The van der Waals surface area contributed by atoms with Crippen molar-refractivity contribution in [3.63, 3.8) is 0 Å². The van der Waals surface area contributed by atoms with Crippen LogP contribution in [0.25, 0.3) is 0 Å². The third-order valence-corrected chi connectivity index (χ3v) is 3.23. The van der Waals surface area contributed by atoms with Crippen LogP contribution in [-0.4, -0.2) is 5.78 Å². The minimum Gasteiger partial charge on any atom is -0.299 e. The summed E-state index contributed by atoms with van der Waals surface area (Å²) < 4.78 is 0. The molecule has 1 aromatic carbocycles. The Labute approximate surface area is 95.6 Å². The number of hydrogen-bond donors (Lipinski definition) is 0. The highest BCUT2D eigenvalue weighted by atomic mass is 32.2. The van der Waals surface area contributed by atoms with Gasteiger partial charge in [-0.3, -0.25) is 4.79 Å². The van der Waals surface area contributed by atoms with Crippen molar-refractivity contribution in [1.29, 1.82) is 0 Å². The highest BCUT2D eigenvalue weighted by molar-refractivity contribution is 8.03. The maximum absolute atomic E-state index is 11.3. The van der Waals surface area contributed by atoms with Gasteiger partial charge in [0.05, 0.1) is 0 Å². The highest BCUT2D eigenvalue weighted by Gasteiger charge is 2.04. The van der Waals surface area contributed by atoms with E-state index in [0.29, 0.717) is 18.6 Å². The molecule has 0 saturated heterocycles. The maximum atomic E-state index is 11.3. The van der Waals surface area contributed by atoms with Gasteiger partial charge in [-0.2, -0.15) is 0 Å². The van der Waals surface area contributed by atoms with Crippen molar-refractivity contribution >= 4 is 17.5 Å². The minimum absolute atomic E-state index is 0.298. The molecule has 1 aromatic rings. The number of carbonyl (C=O) groups excluding carboxylic acids is 1. The largest absolute Gasteiger partial charge is 0.299 e. The van der Waals surface area contributed by atoms with Gasteiger partial charge in [-0.15, -0.1) is 0 Å². The predicted molar refractivity (Wildman–Crippen MR) is 66.0 cm³/mol. The fourth-order valence-electron chi connectivity index (χ4n) is 1.16. The van der Waals surface area contributed by atoms with E-state index in [1.807, 2.05) is 38.1 Å². The molecular weight excluding hydrogens is 204 g/mol. The van der Waals surface area contributed by atoms with E-state index in [1.54, 1.807) is 11.8 Å². The fraction of sp³-hybridized carbons (Fsp3) is 0.308. The number of carbonyl (C=O) groups is 1. The number of hydrogen-bond acceptors (Lipinski definition) is 2. The molecule has 0 aliphatic heterocycles. The van der Waals surface area contributed by atoms with E-state index < -0.39 is 0 Å². The molecule has 2 heteroatoms. The first-order chi connectivity index (χ1) is 7.26. The summed E-state index contributed by atoms with van der Waals surface area (Å²) >= 11 is 1.67. The normalized spacial score (nSPS) is 11.5. The van der Waals surface area contributed by atoms with E-state index in [0.717, 1.165) is 4.91 Å². The summed E-state index contributed by atoms with van der Waals surface area (Å²) in [6.45, 7) is 3.89. The van der Waals surface area contributed by atoms with Crippen molar-refractivity contribution in [3.05, 3.63) is 41.3 Å². The standard InChI is InChI=1S/C13H16OS/c1-3-11(14)10-12(4-2)15-13-8-6-5-7-9-13/h4-9H,3,10H2,1-2H3/b12-4+. The smallest absolute Gasteiger partial charge is 0.137 e. The topological polar surface area (TPSA) is 17.1 Å². The number of Topliss-reactive ketones (excluding diaryl/α,β-unsaturated/α-hetero) is 1. The van der Waals surface area contributed by atoms with E-state index in [1.165, 1.54) is 4.90 Å². The summed E-state index contributed by atoms with van der Waals surface area (Å²) in [5, 5.41) is 0. The fourth-order valence-corrected chi connectivity index (χ4v) is 2.10. The Bertz CT molecular complexity index is 341. The van der Waals surface area contributed by atoms with Gasteiger partial charge in [0.2, 0.25) is 0 Å². The third kappa shape index (κ3) is 4.34. The second kappa shape index (κ2) is 6.46. The first-order valence-electron chi connectivity index (χ1n) is 5.16. The Morgan fingerprint density at radius 2 is 2.00 bits per heavy atom. The van der Waals surface area contributed by atoms with Crippen molar-refractivity contribution in [2.45, 2.75) is 31.6 Å². The summed E-state index contributed by atoms with van der Waals surface area (Å²) in [6, 6.07) is 10.1. The second-order valence-corrected chi connectivity index (χ2v) is 4.44. The number of allylic oxidation sites excluding steroid dienone is 2. The molecule has 0 aliphatic rings. The summed E-state index contributed by atoms with van der Waals surface area (Å²) in [7, 11) is 0. The quantitative estimate of drug-likeness (QED) is 0.696. The van der Waals surface area contributed by atoms with Crippen molar-refractivity contribution in [2.24, 2.45) is 0 Å². The molecule has 15 heavy (non-hydrogen) atoms. The van der Waals surface area contributed by atoms with Crippen LogP contribution in [0.5, 0.6) is 0 Å². The zero-order valence-electron chi connectivity index (χ0n) is 9.19. The lowest BCUT2D eigenvalue weighted by atomic mass is 10.2. The van der Waals surface area contributed by atoms with Crippen molar-refractivity contribution < 1.29 is 4.79 Å². The molecule has 0 bridgehead atoms. The molecule has 0 spiro atoms. The lowest BCUT2D eigenvalue weighted by Crippen LogP contribution is -1.95. The Hall–Kier alpha value is -1.02. The van der Waals surface area contributed by atoms with E-state index in [4.69, 9.17) is 0 Å². The maximum Gasteiger partial charge on any atom is 0.137 e. The summed E-state index contributed by atoms with van der Waals surface area (Å²) in [5.74, 6) is 0.298. The number of rotatable bonds is 5. The molecule has 80 valence electrons. The zero-order valence-corrected chi connectivity index (χ0v) is 10.0. The van der Waals surface area contributed by atoms with Gasteiger partial charge < -0.3 is 0 Å². The average Bonchev–Trinajstić information content (AvgIpc) is 2.29. The summed E-state index contributed by atoms with van der Waals surface area (Å²) in [5.41, 5.74) is 0. The van der Waals surface area contributed by atoms with Crippen LogP contribution >= 0.6 is 11.8 Å². The molecule has 1 nitrogen and oxygen atoms in total. The van der Waals surface area contributed by atoms with Gasteiger partial charge >= 0.3 is 0 Å². The van der Waals surface area contributed by atoms with Crippen molar-refractivity contribution in [1.82, 2.24) is 0 Å². The van der Waals surface area contributed by atoms with Crippen molar-refractivity contribution in [2.75, 3.05) is 0 Å². The number of thioether (sulfide) groups is 1. The average molecular weight is 220 g/mol. The molecule has 0 atom stereocenters. The van der Waals surface area contributed by atoms with Crippen LogP contribution in [0, 0.1) is 0 Å². The summed E-state index contributed by atoms with van der Waals surface area (Å²) in [4.78, 5) is 13.6. The van der Waals surface area contributed by atoms with Gasteiger partial charge in [-0.1, -0.05) is 43.0 Å². The molecule has 0 aliphatic carbocycles. The van der Waals surface area contributed by atoms with Crippen LogP contribution in [-0.2, 0) is 4.79 Å². The molecule has 0 fully saturated rings. The second-order valence-electron chi connectivity index (χ2n) is 3.24. The van der Waals surface area contributed by atoms with Gasteiger partial charge in [0.15, 0.2) is 0 Å². The monoisotopic (exact) mass is 220 g/mol. The molecule has 0 saturated carbocycles. The first kappa shape index (κ1) is 12.1. The van der Waals surface area contributed by atoms with Crippen LogP contribution in [0.2, 0.25) is 0 Å². The van der Waals surface area contributed by atoms with E-state index in [-0.39, 0.29) is 0 Å². The lowest BCUT2D eigenvalue weighted by Gasteiger charge is -2.04. The molecule has 0 N–H and O–H groups in total. The van der Waals surface area contributed by atoms with Crippen molar-refractivity contribution in [3.8, 4) is 0 Å². The number of ketones is 1. The van der Waals surface area contributed by atoms with Gasteiger partial charge in [0, 0.05) is 17.7 Å². The lowest BCUT2D eigenvalue weighted by molar-refractivity contribution is -0.118. The minimum atomic E-state index is 0.298. The van der Waals surface area contributed by atoms with Gasteiger partial charge in [-0.05, 0) is 24.0 Å². The molecule has 0 aromatic heterocycles. The van der Waals surface area contributed by atoms with Gasteiger partial charge in [-0.25, -0.2) is 0 Å². The Morgan fingerprint density at radius 3 is 2.53 bits per heavy atom. The van der Waals surface area contributed by atoms with E-state index >= 15 is 0 Å². The highest BCUT2D eigenvalue weighted by Crippen LogP contribution is 2.28. The Morgan fingerprint density at radius 1 is 1.33 bits per heavy atom. The molecule has 1 rings (SSSR count). The van der Waals surface area contributed by atoms with Crippen LogP contribution in [0.1, 0.15) is 26.7 Å². The Kier molecular flexibility index (Phi) is 5.19.